The number of unbranched alkanes of at least 4 members (excludes halogenated alkanes) is 9. The molecule has 338 valence electrons. The molecule has 0 unspecified atom stereocenters. The zero-order chi connectivity index (χ0) is 45.7. The number of phenols is 1. The molecule has 0 bridgehead atoms. The van der Waals surface area contributed by atoms with E-state index in [0.717, 1.165) is 30.7 Å². The van der Waals surface area contributed by atoms with Crippen molar-refractivity contribution in [1.82, 2.24) is 5.43 Å². The number of aromatic hydroxyl groups is 1. The number of azo groups is 1. The first-order valence-corrected chi connectivity index (χ1v) is 22.7. The molecule has 1 saturated heterocycles. The fourth-order valence-electron chi connectivity index (χ4n) is 7.03. The van der Waals surface area contributed by atoms with E-state index in [2.05, 4.69) is 27.9 Å². The number of nitrogens with zero attached hydrogens (tertiary/aromatic N) is 4. The Morgan fingerprint density at radius 1 is 0.825 bits per heavy atom. The molecular weight excluding hydrogens is 886 g/mol. The average Bonchev–Trinajstić information content (AvgIpc) is 3.53. The molecule has 12 nitrogen and oxygen atoms in total. The summed E-state index contributed by atoms with van der Waals surface area (Å²) in [6.07, 6.45) is 11.2. The van der Waals surface area contributed by atoms with Gasteiger partial charge in [0.15, 0.2) is 23.4 Å². The normalized spacial score (nSPS) is 15.2. The quantitative estimate of drug-likeness (QED) is 0.0557. The Bertz CT molecular complexity index is 2260. The first kappa shape index (κ1) is 49.3. The van der Waals surface area contributed by atoms with Crippen LogP contribution in [0.15, 0.2) is 82.0 Å². The first-order chi connectivity index (χ1) is 30.1. The lowest BCUT2D eigenvalue weighted by molar-refractivity contribution is -0.123. The van der Waals surface area contributed by atoms with E-state index in [1.165, 1.54) is 64.9 Å². The van der Waals surface area contributed by atoms with E-state index in [4.69, 9.17) is 65.6 Å². The van der Waals surface area contributed by atoms with Gasteiger partial charge in [0.25, 0.3) is 11.8 Å². The highest BCUT2D eigenvalue weighted by Gasteiger charge is 2.41. The van der Waals surface area contributed by atoms with Gasteiger partial charge in [-0.15, -0.1) is 0 Å². The number of methoxy groups -OCH3 is 2. The lowest BCUT2D eigenvalue weighted by atomic mass is 9.86. The van der Waals surface area contributed by atoms with Gasteiger partial charge in [0, 0.05) is 22.3 Å². The number of aliphatic imine (C=N–C) groups is 1. The van der Waals surface area contributed by atoms with Gasteiger partial charge in [0.1, 0.15) is 17.2 Å². The number of amidine groups is 1. The number of halogens is 4. The Hall–Kier alpha value is -4.75. The summed E-state index contributed by atoms with van der Waals surface area (Å²) < 4.78 is 17.1. The molecule has 2 amide bonds. The molecule has 1 aliphatic rings. The second kappa shape index (κ2) is 23.3. The largest absolute Gasteiger partial charge is 0.508 e. The van der Waals surface area contributed by atoms with Crippen molar-refractivity contribution in [3.05, 3.63) is 92.4 Å². The average molecular weight is 943 g/mol. The van der Waals surface area contributed by atoms with Crippen LogP contribution in [0.25, 0.3) is 0 Å². The summed E-state index contributed by atoms with van der Waals surface area (Å²) in [5.74, 6) is 0.617. The van der Waals surface area contributed by atoms with E-state index >= 15 is 0 Å². The molecule has 4 aromatic carbocycles. The third-order valence-corrected chi connectivity index (χ3v) is 11.5. The zero-order valence-corrected chi connectivity index (χ0v) is 39.6. The van der Waals surface area contributed by atoms with Crippen LogP contribution in [0.1, 0.15) is 104 Å². The second-order valence-corrected chi connectivity index (χ2v) is 18.0. The summed E-state index contributed by atoms with van der Waals surface area (Å²) in [6.45, 7) is 8.23. The minimum Gasteiger partial charge on any atom is -0.508 e. The highest BCUT2D eigenvalue weighted by Crippen LogP contribution is 2.39. The Balaban J connectivity index is 1.41. The third kappa shape index (κ3) is 13.6. The van der Waals surface area contributed by atoms with Crippen molar-refractivity contribution in [3.8, 4) is 23.0 Å². The Morgan fingerprint density at radius 2 is 1.48 bits per heavy atom. The number of ether oxygens (including phenoxy) is 3. The van der Waals surface area contributed by atoms with Gasteiger partial charge in [-0.2, -0.15) is 10.2 Å². The fraction of sp³-hybridized carbons (Fsp3) is 0.426. The van der Waals surface area contributed by atoms with Crippen LogP contribution in [0.3, 0.4) is 0 Å². The number of carbonyl (C=O) groups excluding carboxylic acids is 2. The SMILES string of the molecule is CCCCCCCCCCCC[C@@H](Oc1ccc(O)c(C(C)(C)C)c1)C(=O)Nc1ccc(Cl)c(N=C2NN(c3c(Cl)cc(Cl)cc3Cl)C(=O)[C@H]2N=Nc2ccc(OC)c(OC)c2)c1. The van der Waals surface area contributed by atoms with Crippen molar-refractivity contribution in [2.45, 2.75) is 116 Å². The standard InChI is InChI=1S/C47H56Cl4N6O6/c1-7-8-9-10-11-12-13-14-15-16-17-40(63-32-20-22-38(58)33(28-32)47(2,3)4)45(59)52-30-18-21-34(49)37(26-30)53-44-42(55-54-31-19-23-39(61-5)41(27-31)62-6)46(60)57(56-44)43-35(50)24-29(48)25-36(43)51/h18-28,40,42,58H,7-17H2,1-6H3,(H,52,59)(H,53,56)/t40-,42+/m1/s1. The molecule has 1 aliphatic heterocycles. The van der Waals surface area contributed by atoms with Gasteiger partial charge in [-0.05, 0) is 78.9 Å². The van der Waals surface area contributed by atoms with Crippen LogP contribution in [-0.4, -0.2) is 49.1 Å². The van der Waals surface area contributed by atoms with Gasteiger partial charge in [-0.25, -0.2) is 10.0 Å². The maximum Gasteiger partial charge on any atom is 0.280 e. The van der Waals surface area contributed by atoms with Crippen molar-refractivity contribution >= 4 is 86.8 Å². The Morgan fingerprint density at radius 3 is 2.11 bits per heavy atom. The number of benzene rings is 4. The number of hydrogen-bond acceptors (Lipinski definition) is 9. The lowest BCUT2D eigenvalue weighted by Gasteiger charge is -2.23. The van der Waals surface area contributed by atoms with Crippen molar-refractivity contribution < 1.29 is 28.9 Å². The summed E-state index contributed by atoms with van der Waals surface area (Å²) in [5.41, 5.74) is 4.44. The van der Waals surface area contributed by atoms with Gasteiger partial charge in [-0.3, -0.25) is 15.0 Å². The maximum atomic E-state index is 14.1. The van der Waals surface area contributed by atoms with E-state index in [1.807, 2.05) is 20.8 Å². The van der Waals surface area contributed by atoms with Gasteiger partial charge in [-0.1, -0.05) is 132 Å². The highest BCUT2D eigenvalue weighted by molar-refractivity contribution is 6.43. The fourth-order valence-corrected chi connectivity index (χ4v) is 8.17. The van der Waals surface area contributed by atoms with Crippen LogP contribution in [0.2, 0.25) is 20.1 Å². The van der Waals surface area contributed by atoms with Gasteiger partial charge in [0.05, 0.1) is 40.7 Å². The molecule has 1 heterocycles. The van der Waals surface area contributed by atoms with Crippen molar-refractivity contribution in [2.24, 2.45) is 15.2 Å². The number of carbonyl (C=O) groups is 2. The molecule has 0 radical (unpaired) electrons. The van der Waals surface area contributed by atoms with E-state index in [-0.39, 0.29) is 54.4 Å². The van der Waals surface area contributed by atoms with E-state index in [0.29, 0.717) is 40.6 Å². The maximum absolute atomic E-state index is 14.1. The van der Waals surface area contributed by atoms with Crippen LogP contribution >= 0.6 is 46.4 Å². The van der Waals surface area contributed by atoms with Crippen molar-refractivity contribution in [2.75, 3.05) is 24.5 Å². The third-order valence-electron chi connectivity index (χ3n) is 10.4. The summed E-state index contributed by atoms with van der Waals surface area (Å²) >= 11 is 26.0. The number of amides is 2. The molecule has 0 aromatic heterocycles. The number of hydrazine groups is 1. The number of rotatable bonds is 21. The van der Waals surface area contributed by atoms with E-state index < -0.39 is 18.1 Å². The zero-order valence-electron chi connectivity index (χ0n) is 36.6. The lowest BCUT2D eigenvalue weighted by Crippen LogP contribution is -2.36. The van der Waals surface area contributed by atoms with Crippen LogP contribution in [0.4, 0.5) is 22.7 Å². The Labute approximate surface area is 390 Å². The molecule has 63 heavy (non-hydrogen) atoms. The van der Waals surface area contributed by atoms with Gasteiger partial charge in [0.2, 0.25) is 6.04 Å². The molecule has 5 rings (SSSR count). The minimum absolute atomic E-state index is 0.0424. The number of nitrogens with one attached hydrogen (secondary N) is 2. The summed E-state index contributed by atoms with van der Waals surface area (Å²) in [6, 6.07) is 16.4. The molecule has 2 atom stereocenters. The summed E-state index contributed by atoms with van der Waals surface area (Å²) in [4.78, 5) is 32.9. The van der Waals surface area contributed by atoms with Crippen molar-refractivity contribution in [1.29, 1.82) is 0 Å². The number of hydrogen-bond donors (Lipinski definition) is 3. The van der Waals surface area contributed by atoms with Gasteiger partial charge >= 0.3 is 0 Å². The van der Waals surface area contributed by atoms with E-state index in [1.54, 1.807) is 54.6 Å². The second-order valence-electron chi connectivity index (χ2n) is 16.3. The van der Waals surface area contributed by atoms with E-state index in [9.17, 15) is 14.7 Å². The van der Waals surface area contributed by atoms with Crippen LogP contribution in [0.5, 0.6) is 23.0 Å². The summed E-state index contributed by atoms with van der Waals surface area (Å²) in [5, 5.41) is 24.1. The molecule has 16 heteroatoms. The molecule has 0 saturated carbocycles. The molecular formula is C47H56Cl4N6O6. The highest BCUT2D eigenvalue weighted by atomic mass is 35.5. The van der Waals surface area contributed by atoms with Crippen molar-refractivity contribution in [3.63, 3.8) is 0 Å². The van der Waals surface area contributed by atoms with Crippen LogP contribution in [0, 0.1) is 0 Å². The van der Waals surface area contributed by atoms with Gasteiger partial charge < -0.3 is 24.6 Å². The predicted octanol–water partition coefficient (Wildman–Crippen LogP) is 13.8. The molecule has 4 aromatic rings. The molecule has 1 fully saturated rings. The van der Waals surface area contributed by atoms with Crippen LogP contribution in [-0.2, 0) is 15.0 Å². The Kier molecular flexibility index (Phi) is 18.2. The number of anilines is 2. The summed E-state index contributed by atoms with van der Waals surface area (Å²) in [7, 11) is 3.01. The topological polar surface area (TPSA) is 146 Å². The van der Waals surface area contributed by atoms with Crippen LogP contribution < -0.4 is 30.0 Å². The monoisotopic (exact) mass is 940 g/mol. The predicted molar refractivity (Wildman–Crippen MR) is 255 cm³/mol. The molecule has 0 spiro atoms. The number of phenolic OH excluding ortho intramolecular Hbond substituents is 1. The molecule has 0 aliphatic carbocycles. The molecule has 3 N–H and O–H groups in total. The minimum atomic E-state index is -1.31. The first-order valence-electron chi connectivity index (χ1n) is 21.2. The smallest absolute Gasteiger partial charge is 0.280 e.